The van der Waals surface area contributed by atoms with Gasteiger partial charge in [0.1, 0.15) is 0 Å². The van der Waals surface area contributed by atoms with Crippen LogP contribution in [0.25, 0.3) is 11.1 Å². The van der Waals surface area contributed by atoms with E-state index in [0.29, 0.717) is 12.1 Å². The van der Waals surface area contributed by atoms with Crippen LogP contribution in [0.1, 0.15) is 6.92 Å². The minimum atomic E-state index is -0.525. The molecule has 6 nitrogen and oxygen atoms in total. The van der Waals surface area contributed by atoms with Gasteiger partial charge < -0.3 is 4.42 Å². The van der Waals surface area contributed by atoms with Crippen LogP contribution in [-0.4, -0.2) is 9.49 Å². The lowest BCUT2D eigenvalue weighted by molar-refractivity contribution is -0.384. The van der Waals surface area contributed by atoms with Gasteiger partial charge in [-0.2, -0.15) is 0 Å². The molecule has 0 N–H and O–H groups in total. The van der Waals surface area contributed by atoms with E-state index >= 15 is 0 Å². The topological polar surface area (TPSA) is 78.3 Å². The normalized spacial score (nSPS) is 10.7. The fourth-order valence-corrected chi connectivity index (χ4v) is 1.47. The molecule has 0 aliphatic rings. The summed E-state index contributed by atoms with van der Waals surface area (Å²) in [5.41, 5.74) is 0.739. The number of nitro groups is 1. The Hall–Kier alpha value is -2.11. The molecule has 0 amide bonds. The number of aromatic nitrogens is 1. The van der Waals surface area contributed by atoms with Crippen LogP contribution < -0.4 is 5.76 Å². The number of hydrogen-bond acceptors (Lipinski definition) is 4. The van der Waals surface area contributed by atoms with Crippen molar-refractivity contribution in [2.24, 2.45) is 0 Å². The van der Waals surface area contributed by atoms with Crippen molar-refractivity contribution >= 4 is 16.8 Å². The molecule has 0 aliphatic heterocycles. The summed E-state index contributed by atoms with van der Waals surface area (Å²) in [6, 6.07) is 4.12. The van der Waals surface area contributed by atoms with Crippen LogP contribution in [-0.2, 0) is 6.54 Å². The summed E-state index contributed by atoms with van der Waals surface area (Å²) in [6.45, 7) is 2.28. The van der Waals surface area contributed by atoms with Crippen LogP contribution in [0.4, 0.5) is 5.69 Å². The Morgan fingerprint density at radius 1 is 1.53 bits per heavy atom. The zero-order valence-electron chi connectivity index (χ0n) is 7.97. The number of fused-ring (bicyclic) bond motifs is 1. The van der Waals surface area contributed by atoms with Gasteiger partial charge in [0.25, 0.3) is 5.69 Å². The van der Waals surface area contributed by atoms with Crippen molar-refractivity contribution < 1.29 is 9.34 Å². The largest absolute Gasteiger partial charge is 0.419 e. The van der Waals surface area contributed by atoms with Gasteiger partial charge in [-0.15, -0.1) is 0 Å². The quantitative estimate of drug-likeness (QED) is 0.553. The molecule has 0 saturated heterocycles. The Morgan fingerprint density at radius 2 is 2.27 bits per heavy atom. The van der Waals surface area contributed by atoms with E-state index in [0.717, 1.165) is 0 Å². The van der Waals surface area contributed by atoms with Gasteiger partial charge >= 0.3 is 5.76 Å². The van der Waals surface area contributed by atoms with Crippen LogP contribution in [0, 0.1) is 10.1 Å². The molecule has 1 aromatic carbocycles. The summed E-state index contributed by atoms with van der Waals surface area (Å²) < 4.78 is 6.30. The molecule has 0 fully saturated rings. The number of aryl methyl sites for hydroxylation is 1. The lowest BCUT2D eigenvalue weighted by Gasteiger charge is -1.94. The highest BCUT2D eigenvalue weighted by Crippen LogP contribution is 2.19. The second-order valence-corrected chi connectivity index (χ2v) is 3.02. The van der Waals surface area contributed by atoms with Crippen molar-refractivity contribution in [3.63, 3.8) is 0 Å². The van der Waals surface area contributed by atoms with Crippen LogP contribution in [0.15, 0.2) is 27.4 Å². The maximum atomic E-state index is 11.3. The molecule has 78 valence electrons. The van der Waals surface area contributed by atoms with Crippen molar-refractivity contribution in [3.8, 4) is 0 Å². The maximum absolute atomic E-state index is 11.3. The van der Waals surface area contributed by atoms with Crippen LogP contribution in [0.3, 0.4) is 0 Å². The lowest BCUT2D eigenvalue weighted by atomic mass is 10.3. The van der Waals surface area contributed by atoms with Gasteiger partial charge in [0.05, 0.1) is 16.5 Å². The average molecular weight is 208 g/mol. The third-order valence-corrected chi connectivity index (χ3v) is 2.18. The average Bonchev–Trinajstić information content (AvgIpc) is 2.51. The summed E-state index contributed by atoms with van der Waals surface area (Å²) in [6.07, 6.45) is 0. The Bertz CT molecular complexity index is 581. The molecule has 2 rings (SSSR count). The van der Waals surface area contributed by atoms with Gasteiger partial charge in [-0.3, -0.25) is 14.7 Å². The zero-order valence-corrected chi connectivity index (χ0v) is 7.97. The number of oxazole rings is 1. The SMILES string of the molecule is CCn1c(=O)oc2cc([N+](=O)[O-])ccc21. The number of benzene rings is 1. The number of nitrogens with zero attached hydrogens (tertiary/aromatic N) is 2. The lowest BCUT2D eigenvalue weighted by Crippen LogP contribution is -2.11. The Labute approximate surface area is 83.9 Å². The summed E-state index contributed by atoms with van der Waals surface area (Å²) in [7, 11) is 0. The maximum Gasteiger partial charge on any atom is 0.419 e. The van der Waals surface area contributed by atoms with Crippen molar-refractivity contribution in [3.05, 3.63) is 38.9 Å². The number of hydrogen-bond donors (Lipinski definition) is 0. The van der Waals surface area contributed by atoms with E-state index in [-0.39, 0.29) is 11.3 Å². The monoisotopic (exact) mass is 208 g/mol. The molecule has 6 heteroatoms. The van der Waals surface area contributed by atoms with Gasteiger partial charge in [-0.1, -0.05) is 0 Å². The zero-order chi connectivity index (χ0) is 11.0. The van der Waals surface area contributed by atoms with Crippen LogP contribution >= 0.6 is 0 Å². The highest BCUT2D eigenvalue weighted by atomic mass is 16.6. The number of rotatable bonds is 2. The molecule has 0 aliphatic carbocycles. The molecule has 2 aromatic rings. The van der Waals surface area contributed by atoms with E-state index in [1.165, 1.54) is 22.8 Å². The first kappa shape index (κ1) is 9.45. The van der Waals surface area contributed by atoms with E-state index in [2.05, 4.69) is 0 Å². The molecular weight excluding hydrogens is 200 g/mol. The first-order valence-electron chi connectivity index (χ1n) is 4.41. The van der Waals surface area contributed by atoms with Gasteiger partial charge in [-0.25, -0.2) is 4.79 Å². The summed E-state index contributed by atoms with van der Waals surface area (Å²) >= 11 is 0. The van der Waals surface area contributed by atoms with Crippen LogP contribution in [0.5, 0.6) is 0 Å². The third-order valence-electron chi connectivity index (χ3n) is 2.18. The summed E-state index contributed by atoms with van der Waals surface area (Å²) in [4.78, 5) is 21.2. The van der Waals surface area contributed by atoms with Gasteiger partial charge in [0.2, 0.25) is 0 Å². The van der Waals surface area contributed by atoms with Gasteiger partial charge in [-0.05, 0) is 13.0 Å². The molecule has 0 bridgehead atoms. The smallest absolute Gasteiger partial charge is 0.407 e. The second kappa shape index (κ2) is 3.23. The highest BCUT2D eigenvalue weighted by molar-refractivity contribution is 5.75. The Kier molecular flexibility index (Phi) is 2.03. The highest BCUT2D eigenvalue weighted by Gasteiger charge is 2.12. The van der Waals surface area contributed by atoms with Crippen LogP contribution in [0.2, 0.25) is 0 Å². The molecule has 0 spiro atoms. The second-order valence-electron chi connectivity index (χ2n) is 3.02. The van der Waals surface area contributed by atoms with Crippen molar-refractivity contribution in [2.75, 3.05) is 0 Å². The minimum absolute atomic E-state index is 0.0838. The Morgan fingerprint density at radius 3 is 2.87 bits per heavy atom. The molecule has 1 heterocycles. The number of nitro benzene ring substituents is 1. The molecule has 0 atom stereocenters. The van der Waals surface area contributed by atoms with E-state index < -0.39 is 10.7 Å². The molecule has 0 unspecified atom stereocenters. The molecule has 1 aromatic heterocycles. The van der Waals surface area contributed by atoms with Crippen molar-refractivity contribution in [1.29, 1.82) is 0 Å². The first-order chi connectivity index (χ1) is 7.13. The molecular formula is C9H8N2O4. The fourth-order valence-electron chi connectivity index (χ4n) is 1.47. The van der Waals surface area contributed by atoms with Gasteiger partial charge in [0, 0.05) is 12.6 Å². The van der Waals surface area contributed by atoms with E-state index in [1.54, 1.807) is 6.92 Å². The summed E-state index contributed by atoms with van der Waals surface area (Å²) in [5, 5.41) is 10.5. The predicted octanol–water partition coefficient (Wildman–Crippen LogP) is 1.52. The van der Waals surface area contributed by atoms with E-state index in [4.69, 9.17) is 4.42 Å². The minimum Gasteiger partial charge on any atom is -0.407 e. The Balaban J connectivity index is 2.75. The van der Waals surface area contributed by atoms with E-state index in [1.807, 2.05) is 0 Å². The fraction of sp³-hybridized carbons (Fsp3) is 0.222. The predicted molar refractivity (Wildman–Crippen MR) is 52.8 cm³/mol. The third kappa shape index (κ3) is 1.39. The van der Waals surface area contributed by atoms with Crippen molar-refractivity contribution in [1.82, 2.24) is 4.57 Å². The number of non-ortho nitro benzene ring substituents is 1. The molecule has 15 heavy (non-hydrogen) atoms. The van der Waals surface area contributed by atoms with Gasteiger partial charge in [0.15, 0.2) is 5.58 Å². The van der Waals surface area contributed by atoms with E-state index in [9.17, 15) is 14.9 Å². The molecule has 0 saturated carbocycles. The van der Waals surface area contributed by atoms with Crippen molar-refractivity contribution in [2.45, 2.75) is 13.5 Å². The first-order valence-corrected chi connectivity index (χ1v) is 4.41. The standard InChI is InChI=1S/C9H8N2O4/c1-2-10-7-4-3-6(11(13)14)5-8(7)15-9(10)12/h3-5H,2H2,1H3. The summed E-state index contributed by atoms with van der Waals surface area (Å²) in [5.74, 6) is -0.493. The molecule has 0 radical (unpaired) electrons.